The molecule has 0 saturated heterocycles. The van der Waals surface area contributed by atoms with Crippen LogP contribution in [0.4, 0.5) is 0 Å². The van der Waals surface area contributed by atoms with E-state index in [9.17, 15) is 5.11 Å². The van der Waals surface area contributed by atoms with Crippen LogP contribution >= 0.6 is 0 Å². The van der Waals surface area contributed by atoms with Gasteiger partial charge in [-0.25, -0.2) is 0 Å². The van der Waals surface area contributed by atoms with E-state index in [0.29, 0.717) is 11.5 Å². The number of phenols is 1. The molecule has 2 heteroatoms. The number of aromatic hydroxyl groups is 1. The first-order valence-corrected chi connectivity index (χ1v) is 5.03. The quantitative estimate of drug-likeness (QED) is 0.705. The van der Waals surface area contributed by atoms with E-state index in [4.69, 9.17) is 5.41 Å². The number of hydrogen-bond acceptors (Lipinski definition) is 2. The van der Waals surface area contributed by atoms with Crippen molar-refractivity contribution >= 4 is 6.21 Å². The molecular formula is C12H17NO. The van der Waals surface area contributed by atoms with Gasteiger partial charge < -0.3 is 10.5 Å². The zero-order valence-electron chi connectivity index (χ0n) is 8.75. The molecule has 1 atom stereocenters. The molecule has 0 saturated carbocycles. The molecule has 0 bridgehead atoms. The SMILES string of the molecule is CCCC(C)c1cccc(C=N)c1O. The average Bonchev–Trinajstić information content (AvgIpc) is 2.18. The van der Waals surface area contributed by atoms with Crippen LogP contribution < -0.4 is 0 Å². The minimum absolute atomic E-state index is 0.267. The van der Waals surface area contributed by atoms with Crippen LogP contribution in [-0.4, -0.2) is 11.3 Å². The monoisotopic (exact) mass is 191 g/mol. The van der Waals surface area contributed by atoms with Gasteiger partial charge in [0.15, 0.2) is 0 Å². The van der Waals surface area contributed by atoms with Crippen LogP contribution in [0.25, 0.3) is 0 Å². The van der Waals surface area contributed by atoms with Gasteiger partial charge in [0.1, 0.15) is 5.75 Å². The molecule has 14 heavy (non-hydrogen) atoms. The largest absolute Gasteiger partial charge is 0.507 e. The minimum Gasteiger partial charge on any atom is -0.507 e. The molecule has 2 nitrogen and oxygen atoms in total. The van der Waals surface area contributed by atoms with E-state index in [1.54, 1.807) is 6.07 Å². The van der Waals surface area contributed by atoms with Crippen molar-refractivity contribution in [1.82, 2.24) is 0 Å². The molecule has 0 amide bonds. The maximum absolute atomic E-state index is 9.83. The Morgan fingerprint density at radius 3 is 2.79 bits per heavy atom. The molecule has 1 unspecified atom stereocenters. The lowest BCUT2D eigenvalue weighted by Crippen LogP contribution is -1.95. The van der Waals surface area contributed by atoms with Crippen LogP contribution in [0.1, 0.15) is 43.7 Å². The van der Waals surface area contributed by atoms with Crippen molar-refractivity contribution in [2.24, 2.45) is 0 Å². The first kappa shape index (κ1) is 10.8. The van der Waals surface area contributed by atoms with Gasteiger partial charge in [-0.05, 0) is 24.0 Å². The van der Waals surface area contributed by atoms with Crippen molar-refractivity contribution in [2.45, 2.75) is 32.6 Å². The predicted molar refractivity (Wildman–Crippen MR) is 59.3 cm³/mol. The highest BCUT2D eigenvalue weighted by molar-refractivity contribution is 5.81. The number of para-hydroxylation sites is 1. The normalized spacial score (nSPS) is 12.4. The van der Waals surface area contributed by atoms with Gasteiger partial charge in [0.05, 0.1) is 0 Å². The van der Waals surface area contributed by atoms with Gasteiger partial charge in [0.2, 0.25) is 0 Å². The molecule has 0 aliphatic carbocycles. The minimum atomic E-state index is 0.267. The van der Waals surface area contributed by atoms with Crippen molar-refractivity contribution in [1.29, 1.82) is 5.41 Å². The molecule has 0 heterocycles. The Morgan fingerprint density at radius 1 is 1.50 bits per heavy atom. The highest BCUT2D eigenvalue weighted by Gasteiger charge is 2.11. The second kappa shape index (κ2) is 4.80. The third kappa shape index (κ3) is 2.13. The van der Waals surface area contributed by atoms with Crippen LogP contribution in [0.15, 0.2) is 18.2 Å². The summed E-state index contributed by atoms with van der Waals surface area (Å²) < 4.78 is 0. The smallest absolute Gasteiger partial charge is 0.127 e. The maximum atomic E-state index is 9.83. The molecule has 0 spiro atoms. The first-order valence-electron chi connectivity index (χ1n) is 5.03. The van der Waals surface area contributed by atoms with Crippen molar-refractivity contribution < 1.29 is 5.11 Å². The summed E-state index contributed by atoms with van der Waals surface area (Å²) in [6.07, 6.45) is 3.36. The number of hydrogen-bond donors (Lipinski definition) is 2. The molecule has 76 valence electrons. The second-order valence-electron chi connectivity index (χ2n) is 3.62. The van der Waals surface area contributed by atoms with Crippen molar-refractivity contribution in [2.75, 3.05) is 0 Å². The van der Waals surface area contributed by atoms with E-state index in [1.807, 2.05) is 12.1 Å². The fourth-order valence-electron chi connectivity index (χ4n) is 1.68. The Kier molecular flexibility index (Phi) is 3.69. The van der Waals surface area contributed by atoms with Crippen LogP contribution in [-0.2, 0) is 0 Å². The van der Waals surface area contributed by atoms with Crippen LogP contribution in [0.3, 0.4) is 0 Å². The van der Waals surface area contributed by atoms with Gasteiger partial charge in [-0.1, -0.05) is 32.4 Å². The van der Waals surface area contributed by atoms with Gasteiger partial charge in [-0.2, -0.15) is 0 Å². The summed E-state index contributed by atoms with van der Waals surface area (Å²) in [5.74, 6) is 0.628. The Balaban J connectivity index is 3.02. The Hall–Kier alpha value is -1.31. The third-order valence-electron chi connectivity index (χ3n) is 2.51. The number of rotatable bonds is 4. The molecule has 0 aromatic heterocycles. The van der Waals surface area contributed by atoms with Crippen LogP contribution in [0.5, 0.6) is 5.75 Å². The summed E-state index contributed by atoms with van der Waals surface area (Å²) in [5, 5.41) is 17.0. The van der Waals surface area contributed by atoms with Gasteiger partial charge >= 0.3 is 0 Å². The standard InChI is InChI=1S/C12H17NO/c1-3-5-9(2)11-7-4-6-10(8-13)12(11)14/h4,6-9,13-14H,3,5H2,1-2H3. The number of benzene rings is 1. The predicted octanol–water partition coefficient (Wildman–Crippen LogP) is 3.29. The van der Waals surface area contributed by atoms with Gasteiger partial charge in [0.25, 0.3) is 0 Å². The van der Waals surface area contributed by atoms with E-state index < -0.39 is 0 Å². The zero-order chi connectivity index (χ0) is 10.6. The molecule has 0 fully saturated rings. The molecule has 0 aliphatic heterocycles. The summed E-state index contributed by atoms with van der Waals surface area (Å²) in [6, 6.07) is 5.58. The van der Waals surface area contributed by atoms with E-state index >= 15 is 0 Å². The molecule has 2 N–H and O–H groups in total. The van der Waals surface area contributed by atoms with Gasteiger partial charge in [-0.15, -0.1) is 0 Å². The fraction of sp³-hybridized carbons (Fsp3) is 0.417. The summed E-state index contributed by atoms with van der Waals surface area (Å²) in [7, 11) is 0. The van der Waals surface area contributed by atoms with Gasteiger partial charge in [0, 0.05) is 11.8 Å². The molecule has 0 radical (unpaired) electrons. The lowest BCUT2D eigenvalue weighted by Gasteiger charge is -2.13. The summed E-state index contributed by atoms with van der Waals surface area (Å²) in [6.45, 7) is 4.24. The van der Waals surface area contributed by atoms with Crippen LogP contribution in [0.2, 0.25) is 0 Å². The lowest BCUT2D eigenvalue weighted by atomic mass is 9.94. The summed E-state index contributed by atoms with van der Waals surface area (Å²) in [5.41, 5.74) is 1.55. The number of phenolic OH excluding ortho intramolecular Hbond substituents is 1. The third-order valence-corrected chi connectivity index (χ3v) is 2.51. The van der Waals surface area contributed by atoms with E-state index in [1.165, 1.54) is 6.21 Å². The fourth-order valence-corrected chi connectivity index (χ4v) is 1.68. The van der Waals surface area contributed by atoms with Crippen molar-refractivity contribution in [3.63, 3.8) is 0 Å². The van der Waals surface area contributed by atoms with E-state index in [0.717, 1.165) is 18.4 Å². The summed E-state index contributed by atoms with van der Waals surface area (Å²) >= 11 is 0. The molecule has 1 rings (SSSR count). The lowest BCUT2D eigenvalue weighted by molar-refractivity contribution is 0.459. The van der Waals surface area contributed by atoms with Crippen molar-refractivity contribution in [3.05, 3.63) is 29.3 Å². The maximum Gasteiger partial charge on any atom is 0.127 e. The van der Waals surface area contributed by atoms with Crippen molar-refractivity contribution in [3.8, 4) is 5.75 Å². The average molecular weight is 191 g/mol. The first-order chi connectivity index (χ1) is 6.70. The Bertz CT molecular complexity index is 320. The molecule has 1 aromatic carbocycles. The van der Waals surface area contributed by atoms with E-state index in [2.05, 4.69) is 13.8 Å². The Labute approximate surface area is 85.1 Å². The van der Waals surface area contributed by atoms with Gasteiger partial charge in [-0.3, -0.25) is 0 Å². The summed E-state index contributed by atoms with van der Waals surface area (Å²) in [4.78, 5) is 0. The van der Waals surface area contributed by atoms with E-state index in [-0.39, 0.29) is 5.75 Å². The Morgan fingerprint density at radius 2 is 2.21 bits per heavy atom. The highest BCUT2D eigenvalue weighted by atomic mass is 16.3. The number of nitrogens with one attached hydrogen (secondary N) is 1. The topological polar surface area (TPSA) is 44.1 Å². The highest BCUT2D eigenvalue weighted by Crippen LogP contribution is 2.30. The molecule has 0 aliphatic rings. The second-order valence-corrected chi connectivity index (χ2v) is 3.62. The molecular weight excluding hydrogens is 174 g/mol. The molecule has 1 aromatic rings. The van der Waals surface area contributed by atoms with Crippen LogP contribution in [0, 0.1) is 5.41 Å². The zero-order valence-corrected chi connectivity index (χ0v) is 8.75.